The summed E-state index contributed by atoms with van der Waals surface area (Å²) in [6, 6.07) is 14.7. The molecule has 0 atom stereocenters. The number of hydrazine groups is 1. The number of para-hydroxylation sites is 1. The van der Waals surface area contributed by atoms with E-state index in [1.165, 1.54) is 11.8 Å². The van der Waals surface area contributed by atoms with Crippen molar-refractivity contribution in [2.75, 3.05) is 0 Å². The molecule has 0 bridgehead atoms. The maximum Gasteiger partial charge on any atom is 0.271 e. The third-order valence-corrected chi connectivity index (χ3v) is 5.91. The summed E-state index contributed by atoms with van der Waals surface area (Å²) in [5, 5.41) is 4.75. The largest absolute Gasteiger partial charge is 0.361 e. The van der Waals surface area contributed by atoms with Gasteiger partial charge in [-0.05, 0) is 32.0 Å². The molecule has 8 heteroatoms. The number of carbonyl (C=O) groups is 2. The number of hydrogen-bond acceptors (Lipinski definition) is 5. The summed E-state index contributed by atoms with van der Waals surface area (Å²) in [5.74, 6) is 0.632. The Morgan fingerprint density at radius 1 is 1.00 bits per heavy atom. The van der Waals surface area contributed by atoms with Crippen LogP contribution >= 0.6 is 11.8 Å². The molecule has 30 heavy (non-hydrogen) atoms. The Bertz CT molecular complexity index is 1210. The molecule has 0 saturated carbocycles. The Labute approximate surface area is 177 Å². The fourth-order valence-corrected chi connectivity index (χ4v) is 4.35. The lowest BCUT2D eigenvalue weighted by Gasteiger charge is -2.11. The molecule has 0 aliphatic carbocycles. The number of fused-ring (bicyclic) bond motifs is 1. The van der Waals surface area contributed by atoms with Crippen molar-refractivity contribution in [1.82, 2.24) is 21.0 Å². The van der Waals surface area contributed by atoms with E-state index in [4.69, 9.17) is 4.52 Å². The number of carbonyl (C=O) groups excluding carboxylic acids is 2. The summed E-state index contributed by atoms with van der Waals surface area (Å²) in [7, 11) is 0. The molecule has 152 valence electrons. The number of amides is 2. The molecule has 7 nitrogen and oxygen atoms in total. The van der Waals surface area contributed by atoms with Crippen molar-refractivity contribution in [3.63, 3.8) is 0 Å². The highest BCUT2D eigenvalue weighted by Crippen LogP contribution is 2.28. The number of rotatable bonds is 5. The van der Waals surface area contributed by atoms with E-state index in [1.54, 1.807) is 18.3 Å². The molecular formula is C22H20N4O3S. The normalized spacial score (nSPS) is 10.9. The van der Waals surface area contributed by atoms with E-state index in [2.05, 4.69) is 21.0 Å². The summed E-state index contributed by atoms with van der Waals surface area (Å²) >= 11 is 1.52. The molecule has 0 radical (unpaired) electrons. The zero-order chi connectivity index (χ0) is 21.1. The van der Waals surface area contributed by atoms with Crippen LogP contribution in [0.25, 0.3) is 10.9 Å². The lowest BCUT2D eigenvalue weighted by molar-refractivity contribution is 0.0846. The van der Waals surface area contributed by atoms with Crippen LogP contribution in [0.3, 0.4) is 0 Å². The molecule has 2 heterocycles. The van der Waals surface area contributed by atoms with Gasteiger partial charge in [-0.2, -0.15) is 0 Å². The topological polar surface area (TPSA) is 100 Å². The fraction of sp³-hybridized carbons (Fsp3) is 0.136. The van der Waals surface area contributed by atoms with Crippen molar-refractivity contribution in [3.8, 4) is 0 Å². The second-order valence-corrected chi connectivity index (χ2v) is 7.76. The van der Waals surface area contributed by atoms with E-state index < -0.39 is 0 Å². The predicted octanol–water partition coefficient (Wildman–Crippen LogP) is 4.14. The van der Waals surface area contributed by atoms with Crippen molar-refractivity contribution in [2.45, 2.75) is 24.5 Å². The van der Waals surface area contributed by atoms with Gasteiger partial charge in [0, 0.05) is 33.3 Å². The van der Waals surface area contributed by atoms with Crippen LogP contribution in [-0.2, 0) is 5.75 Å². The summed E-state index contributed by atoms with van der Waals surface area (Å²) in [6.45, 7) is 3.76. The van der Waals surface area contributed by atoms with Crippen LogP contribution in [0.4, 0.5) is 0 Å². The third kappa shape index (κ3) is 3.95. The van der Waals surface area contributed by atoms with Gasteiger partial charge in [0.15, 0.2) is 0 Å². The van der Waals surface area contributed by atoms with Gasteiger partial charge in [-0.3, -0.25) is 20.4 Å². The molecule has 0 fully saturated rings. The fourth-order valence-electron chi connectivity index (χ4n) is 3.15. The summed E-state index contributed by atoms with van der Waals surface area (Å²) in [5.41, 5.74) is 8.67. The highest BCUT2D eigenvalue weighted by Gasteiger charge is 2.16. The molecule has 0 aliphatic heterocycles. The van der Waals surface area contributed by atoms with Crippen LogP contribution in [0, 0.1) is 13.8 Å². The van der Waals surface area contributed by atoms with Crippen molar-refractivity contribution >= 4 is 34.5 Å². The molecule has 4 aromatic rings. The van der Waals surface area contributed by atoms with Gasteiger partial charge < -0.3 is 9.51 Å². The minimum absolute atomic E-state index is 0.384. The standard InChI is InChI=1S/C22H20N4O3S/c1-13-18(14(2)29-26-13)12-30-20-10-6-4-8-16(20)21(27)24-25-22(28)17-11-23-19-9-5-3-7-15(17)19/h3-11,23H,12H2,1-2H3,(H,24,27)(H,25,28). The number of aryl methyl sites for hydroxylation is 2. The number of nitrogens with zero attached hydrogens (tertiary/aromatic N) is 1. The van der Waals surface area contributed by atoms with E-state index >= 15 is 0 Å². The third-order valence-electron chi connectivity index (χ3n) is 4.81. The van der Waals surface area contributed by atoms with Crippen LogP contribution in [0.15, 0.2) is 64.1 Å². The first-order valence-electron chi connectivity index (χ1n) is 9.35. The van der Waals surface area contributed by atoms with E-state index in [-0.39, 0.29) is 11.8 Å². The van der Waals surface area contributed by atoms with E-state index in [1.807, 2.05) is 50.2 Å². The molecule has 0 aliphatic rings. The van der Waals surface area contributed by atoms with Crippen molar-refractivity contribution in [3.05, 3.63) is 82.9 Å². The minimum Gasteiger partial charge on any atom is -0.361 e. The molecule has 0 spiro atoms. The molecular weight excluding hydrogens is 400 g/mol. The Balaban J connectivity index is 1.44. The van der Waals surface area contributed by atoms with Gasteiger partial charge in [-0.15, -0.1) is 11.8 Å². The number of benzene rings is 2. The Hall–Kier alpha value is -3.52. The van der Waals surface area contributed by atoms with Crippen LogP contribution < -0.4 is 10.9 Å². The minimum atomic E-state index is -0.387. The van der Waals surface area contributed by atoms with Gasteiger partial charge in [0.2, 0.25) is 0 Å². The number of aromatic nitrogens is 2. The van der Waals surface area contributed by atoms with Crippen LogP contribution in [0.2, 0.25) is 0 Å². The van der Waals surface area contributed by atoms with Gasteiger partial charge in [0.05, 0.1) is 16.8 Å². The second-order valence-electron chi connectivity index (χ2n) is 6.74. The molecule has 4 rings (SSSR count). The van der Waals surface area contributed by atoms with Crippen molar-refractivity contribution < 1.29 is 14.1 Å². The lowest BCUT2D eigenvalue weighted by Crippen LogP contribution is -2.41. The monoisotopic (exact) mass is 420 g/mol. The van der Waals surface area contributed by atoms with Gasteiger partial charge in [-0.1, -0.05) is 35.5 Å². The van der Waals surface area contributed by atoms with Crippen molar-refractivity contribution in [1.29, 1.82) is 0 Å². The lowest BCUT2D eigenvalue weighted by atomic mass is 10.2. The van der Waals surface area contributed by atoms with Crippen LogP contribution in [-0.4, -0.2) is 22.0 Å². The van der Waals surface area contributed by atoms with Gasteiger partial charge in [-0.25, -0.2) is 0 Å². The average Bonchev–Trinajstić information content (AvgIpc) is 3.33. The first-order valence-corrected chi connectivity index (χ1v) is 10.3. The quantitative estimate of drug-likeness (QED) is 0.333. The molecule has 2 aromatic heterocycles. The molecule has 0 unspecified atom stereocenters. The first-order chi connectivity index (χ1) is 14.5. The smallest absolute Gasteiger partial charge is 0.271 e. The van der Waals surface area contributed by atoms with Gasteiger partial charge in [0.1, 0.15) is 5.76 Å². The first kappa shape index (κ1) is 19.8. The number of nitrogens with one attached hydrogen (secondary N) is 3. The SMILES string of the molecule is Cc1noc(C)c1CSc1ccccc1C(=O)NNC(=O)c1c[nH]c2ccccc12. The maximum absolute atomic E-state index is 12.7. The number of aromatic amines is 1. The van der Waals surface area contributed by atoms with Crippen LogP contribution in [0.1, 0.15) is 37.7 Å². The van der Waals surface area contributed by atoms with Gasteiger partial charge in [0.25, 0.3) is 11.8 Å². The molecule has 2 aromatic carbocycles. The number of thioether (sulfide) groups is 1. The average molecular weight is 420 g/mol. The van der Waals surface area contributed by atoms with E-state index in [0.29, 0.717) is 16.9 Å². The Kier molecular flexibility index (Phi) is 5.58. The van der Waals surface area contributed by atoms with E-state index in [9.17, 15) is 9.59 Å². The van der Waals surface area contributed by atoms with Gasteiger partial charge >= 0.3 is 0 Å². The summed E-state index contributed by atoms with van der Waals surface area (Å²) in [4.78, 5) is 29.1. The highest BCUT2D eigenvalue weighted by atomic mass is 32.2. The maximum atomic E-state index is 12.7. The second kappa shape index (κ2) is 8.46. The zero-order valence-corrected chi connectivity index (χ0v) is 17.3. The molecule has 2 amide bonds. The molecule has 0 saturated heterocycles. The Morgan fingerprint density at radius 3 is 2.47 bits per heavy atom. The summed E-state index contributed by atoms with van der Waals surface area (Å²) in [6.07, 6.45) is 1.62. The van der Waals surface area contributed by atoms with E-state index in [0.717, 1.165) is 32.8 Å². The number of H-pyrrole nitrogens is 1. The number of hydrogen-bond donors (Lipinski definition) is 3. The molecule has 3 N–H and O–H groups in total. The van der Waals surface area contributed by atoms with Crippen molar-refractivity contribution in [2.24, 2.45) is 0 Å². The summed E-state index contributed by atoms with van der Waals surface area (Å²) < 4.78 is 5.20. The zero-order valence-electron chi connectivity index (χ0n) is 16.5. The highest BCUT2D eigenvalue weighted by molar-refractivity contribution is 7.98. The van der Waals surface area contributed by atoms with Crippen LogP contribution in [0.5, 0.6) is 0 Å². The Morgan fingerprint density at radius 2 is 1.70 bits per heavy atom. The predicted molar refractivity (Wildman–Crippen MR) is 115 cm³/mol.